The third kappa shape index (κ3) is 7.38. The van der Waals surface area contributed by atoms with Crippen molar-refractivity contribution in [3.05, 3.63) is 84.4 Å². The monoisotopic (exact) mass is 613 g/mol. The fraction of sp³-hybridized carbons (Fsp3) is 0.296. The second-order valence-corrected chi connectivity index (χ2v) is 9.02. The van der Waals surface area contributed by atoms with Gasteiger partial charge in [-0.3, -0.25) is 10.1 Å². The minimum absolute atomic E-state index is 0.0507. The Balaban J connectivity index is 2.22. The molecule has 43 heavy (non-hydrogen) atoms. The van der Waals surface area contributed by atoms with Crippen LogP contribution >= 0.6 is 0 Å². The molecule has 230 valence electrons. The van der Waals surface area contributed by atoms with Gasteiger partial charge in [-0.15, -0.1) is 23.4 Å². The number of carboxylic acid groups (broad SMARTS) is 1. The number of carbonyl (C=O) groups excluding carboxylic acids is 1. The van der Waals surface area contributed by atoms with E-state index in [4.69, 9.17) is 9.15 Å². The van der Waals surface area contributed by atoms with Crippen molar-refractivity contribution < 1.29 is 50.2 Å². The number of alkyl halides is 6. The van der Waals surface area contributed by atoms with Crippen LogP contribution in [0.2, 0.25) is 0 Å². The van der Waals surface area contributed by atoms with Crippen LogP contribution in [-0.2, 0) is 23.1 Å². The van der Waals surface area contributed by atoms with Gasteiger partial charge in [0.05, 0.1) is 17.9 Å². The van der Waals surface area contributed by atoms with Gasteiger partial charge in [0.1, 0.15) is 5.69 Å². The van der Waals surface area contributed by atoms with E-state index >= 15 is 0 Å². The van der Waals surface area contributed by atoms with Crippen LogP contribution in [0.5, 0.6) is 0 Å². The Hall–Kier alpha value is -4.73. The lowest BCUT2D eigenvalue weighted by Crippen LogP contribution is -2.45. The van der Waals surface area contributed by atoms with E-state index < -0.39 is 77.4 Å². The first kappa shape index (κ1) is 32.8. The lowest BCUT2D eigenvalue weighted by atomic mass is 9.98. The van der Waals surface area contributed by atoms with Crippen molar-refractivity contribution in [3.63, 3.8) is 0 Å². The van der Waals surface area contributed by atoms with Crippen LogP contribution in [0.1, 0.15) is 40.3 Å². The van der Waals surface area contributed by atoms with Crippen molar-refractivity contribution in [2.24, 2.45) is 0 Å². The number of nitrogens with zero attached hydrogens (tertiary/aromatic N) is 4. The first-order chi connectivity index (χ1) is 20.1. The van der Waals surface area contributed by atoms with Crippen molar-refractivity contribution in [1.29, 1.82) is 0 Å². The Labute approximate surface area is 240 Å². The third-order valence-corrected chi connectivity index (χ3v) is 5.98. The van der Waals surface area contributed by atoms with Gasteiger partial charge in [-0.1, -0.05) is 42.5 Å². The second-order valence-electron chi connectivity index (χ2n) is 9.02. The van der Waals surface area contributed by atoms with Crippen LogP contribution in [-0.4, -0.2) is 57.0 Å². The largest absolute Gasteiger partial charge is 0.465 e. The summed E-state index contributed by atoms with van der Waals surface area (Å²) in [4.78, 5) is 29.0. The van der Waals surface area contributed by atoms with Gasteiger partial charge in [0, 0.05) is 20.0 Å². The summed E-state index contributed by atoms with van der Waals surface area (Å²) in [6, 6.07) is 8.08. The van der Waals surface area contributed by atoms with Gasteiger partial charge < -0.3 is 19.2 Å². The Kier molecular flexibility index (Phi) is 9.96. The molecule has 2 heterocycles. The van der Waals surface area contributed by atoms with E-state index in [1.807, 2.05) is 0 Å². The normalized spacial score (nSPS) is 13.2. The summed E-state index contributed by atoms with van der Waals surface area (Å²) in [5.74, 6) is -3.31. The van der Waals surface area contributed by atoms with Gasteiger partial charge in [0.15, 0.2) is 5.69 Å². The van der Waals surface area contributed by atoms with E-state index in [1.54, 1.807) is 23.5 Å². The Morgan fingerprint density at radius 2 is 1.77 bits per heavy atom. The molecule has 0 bridgehead atoms. The molecule has 3 aromatic rings. The Bertz CT molecular complexity index is 1480. The van der Waals surface area contributed by atoms with Gasteiger partial charge in [-0.05, 0) is 18.1 Å². The summed E-state index contributed by atoms with van der Waals surface area (Å²) >= 11 is 0. The van der Waals surface area contributed by atoms with Gasteiger partial charge in [0.2, 0.25) is 5.60 Å². The minimum atomic E-state index is -5.19. The maximum absolute atomic E-state index is 14.6. The maximum Gasteiger partial charge on any atom is 0.426 e. The summed E-state index contributed by atoms with van der Waals surface area (Å²) in [6.45, 7) is 6.20. The summed E-state index contributed by atoms with van der Waals surface area (Å²) in [7, 11) is 1.19. The number of hydrogen-bond donors (Lipinski definition) is 2. The van der Waals surface area contributed by atoms with Crippen molar-refractivity contribution >= 4 is 17.7 Å². The van der Waals surface area contributed by atoms with Crippen LogP contribution in [0.25, 0.3) is 11.6 Å². The molecule has 0 fully saturated rings. The summed E-state index contributed by atoms with van der Waals surface area (Å²) in [6.07, 6.45) is -10.6. The van der Waals surface area contributed by atoms with Crippen molar-refractivity contribution in [1.82, 2.24) is 20.1 Å². The molecule has 0 spiro atoms. The highest BCUT2D eigenvalue weighted by Gasteiger charge is 2.61. The molecular weight excluding hydrogens is 588 g/mol. The van der Waals surface area contributed by atoms with Crippen molar-refractivity contribution in [2.75, 3.05) is 18.9 Å². The molecule has 1 atom stereocenters. The Morgan fingerprint density at radius 3 is 2.33 bits per heavy atom. The standard InChI is InChI=1S/C27H25F6N5O5/c1-4-6-13-38(3)22(39)19-17(26(28,29)30)14-18(34-24(40)41)20(35-19)21-36-37-23(43-21)25(12-5-2,27(31,32)33)42-15-16-10-8-7-9-11-16/h4-5,7-11,14,34H,1-2,6,12-13,15H2,3H3,(H,40,41). The van der Waals surface area contributed by atoms with Gasteiger partial charge in [-0.2, -0.15) is 26.3 Å². The van der Waals surface area contributed by atoms with Crippen molar-refractivity contribution in [3.8, 4) is 11.6 Å². The molecular formula is C27H25F6N5O5. The first-order valence-corrected chi connectivity index (χ1v) is 12.3. The van der Waals surface area contributed by atoms with Crippen molar-refractivity contribution in [2.45, 2.75) is 37.4 Å². The van der Waals surface area contributed by atoms with Crippen LogP contribution < -0.4 is 5.32 Å². The molecule has 1 aromatic carbocycles. The minimum Gasteiger partial charge on any atom is -0.465 e. The predicted octanol–water partition coefficient (Wildman–Crippen LogP) is 6.44. The molecule has 0 aliphatic rings. The average Bonchev–Trinajstić information content (AvgIpc) is 3.43. The molecule has 2 amide bonds. The zero-order valence-corrected chi connectivity index (χ0v) is 22.5. The molecule has 3 rings (SSSR count). The van der Waals surface area contributed by atoms with E-state index in [1.165, 1.54) is 25.3 Å². The topological polar surface area (TPSA) is 131 Å². The zero-order chi connectivity index (χ0) is 32.0. The number of aromatic nitrogens is 3. The molecule has 16 heteroatoms. The number of benzene rings is 1. The van der Waals surface area contributed by atoms with E-state index in [0.717, 1.165) is 11.0 Å². The van der Waals surface area contributed by atoms with Crippen LogP contribution in [0.3, 0.4) is 0 Å². The molecule has 0 aliphatic carbocycles. The molecule has 0 radical (unpaired) electrons. The number of nitrogens with one attached hydrogen (secondary N) is 1. The highest BCUT2D eigenvalue weighted by Crippen LogP contribution is 2.46. The number of anilines is 1. The molecule has 2 aromatic heterocycles. The van der Waals surface area contributed by atoms with Gasteiger partial charge in [-0.25, -0.2) is 9.78 Å². The van der Waals surface area contributed by atoms with Gasteiger partial charge >= 0.3 is 18.4 Å². The number of hydrogen-bond acceptors (Lipinski definition) is 7. The van der Waals surface area contributed by atoms with E-state index in [-0.39, 0.29) is 19.0 Å². The fourth-order valence-corrected chi connectivity index (χ4v) is 3.83. The summed E-state index contributed by atoms with van der Waals surface area (Å²) in [5, 5.41) is 17.9. The second kappa shape index (κ2) is 13.1. The molecule has 2 N–H and O–H groups in total. The number of carbonyl (C=O) groups is 2. The number of ether oxygens (including phenoxy) is 1. The molecule has 0 saturated heterocycles. The Morgan fingerprint density at radius 1 is 1.09 bits per heavy atom. The SMILES string of the molecule is C=CCCN(C)C(=O)c1nc(-c2nnc(C(CC=C)(OCc3ccccc3)C(F)(F)F)o2)c(NC(=O)O)cc1C(F)(F)F. The molecule has 0 aliphatic heterocycles. The van der Waals surface area contributed by atoms with Crippen LogP contribution in [0, 0.1) is 0 Å². The average molecular weight is 614 g/mol. The number of halogens is 6. The maximum atomic E-state index is 14.6. The van der Waals surface area contributed by atoms with E-state index in [2.05, 4.69) is 28.3 Å². The van der Waals surface area contributed by atoms with Gasteiger partial charge in [0.25, 0.3) is 17.7 Å². The quantitative estimate of drug-likeness (QED) is 0.176. The number of amides is 2. The zero-order valence-electron chi connectivity index (χ0n) is 22.5. The summed E-state index contributed by atoms with van der Waals surface area (Å²) in [5.41, 5.74) is -7.40. The predicted molar refractivity (Wildman–Crippen MR) is 140 cm³/mol. The van der Waals surface area contributed by atoms with E-state index in [0.29, 0.717) is 5.56 Å². The lowest BCUT2D eigenvalue weighted by Gasteiger charge is -2.31. The third-order valence-electron chi connectivity index (χ3n) is 5.98. The molecule has 10 nitrogen and oxygen atoms in total. The van der Waals surface area contributed by atoms with Crippen LogP contribution in [0.15, 0.2) is 66.1 Å². The fourth-order valence-electron chi connectivity index (χ4n) is 3.83. The highest BCUT2D eigenvalue weighted by atomic mass is 19.4. The molecule has 1 unspecified atom stereocenters. The number of rotatable bonds is 12. The smallest absolute Gasteiger partial charge is 0.426 e. The van der Waals surface area contributed by atoms with E-state index in [9.17, 15) is 41.0 Å². The van der Waals surface area contributed by atoms with Crippen LogP contribution in [0.4, 0.5) is 36.8 Å². The lowest BCUT2D eigenvalue weighted by molar-refractivity contribution is -0.295. The number of pyridine rings is 1. The first-order valence-electron chi connectivity index (χ1n) is 12.3. The highest BCUT2D eigenvalue weighted by molar-refractivity contribution is 5.96. The summed E-state index contributed by atoms with van der Waals surface area (Å²) < 4.78 is 96.2. The molecule has 0 saturated carbocycles.